The Morgan fingerprint density at radius 3 is 1.62 bits per heavy atom. The van der Waals surface area contributed by atoms with Crippen LogP contribution < -0.4 is 10.6 Å². The number of nitrogens with zero attached hydrogens (tertiary/aromatic N) is 4. The van der Waals surface area contributed by atoms with E-state index in [2.05, 4.69) is 39.5 Å². The Morgan fingerprint density at radius 2 is 1.15 bits per heavy atom. The lowest BCUT2D eigenvalue weighted by atomic mass is 10.2. The van der Waals surface area contributed by atoms with Gasteiger partial charge >= 0.3 is 12.1 Å². The van der Waals surface area contributed by atoms with Gasteiger partial charge in [0.2, 0.25) is 0 Å². The molecule has 0 saturated carbocycles. The van der Waals surface area contributed by atoms with Crippen molar-refractivity contribution >= 4 is 23.4 Å². The smallest absolute Gasteiger partial charge is 0.321 e. The molecule has 2 heterocycles. The molecule has 0 aromatic heterocycles. The number of benzene rings is 2. The molecule has 2 aliphatic heterocycles. The van der Waals surface area contributed by atoms with E-state index in [1.807, 2.05) is 12.1 Å². The third kappa shape index (κ3) is 6.45. The van der Waals surface area contributed by atoms with Crippen LogP contribution in [0.2, 0.25) is 0 Å². The fourth-order valence-corrected chi connectivity index (χ4v) is 4.27. The Hall–Kier alpha value is -3.17. The van der Waals surface area contributed by atoms with Crippen LogP contribution in [-0.2, 0) is 6.54 Å². The van der Waals surface area contributed by atoms with E-state index in [4.69, 9.17) is 0 Å². The van der Waals surface area contributed by atoms with Gasteiger partial charge < -0.3 is 25.3 Å². The molecule has 182 valence electrons. The Morgan fingerprint density at radius 1 is 0.706 bits per heavy atom. The molecule has 9 heteroatoms. The van der Waals surface area contributed by atoms with Crippen LogP contribution in [0, 0.1) is 5.82 Å². The molecule has 4 amide bonds. The highest BCUT2D eigenvalue weighted by atomic mass is 19.1. The third-order valence-corrected chi connectivity index (χ3v) is 6.47. The lowest BCUT2D eigenvalue weighted by Crippen LogP contribution is -2.52. The summed E-state index contributed by atoms with van der Waals surface area (Å²) in [7, 11) is 0. The Bertz CT molecular complexity index is 952. The van der Waals surface area contributed by atoms with Crippen LogP contribution in [0.5, 0.6) is 0 Å². The highest BCUT2D eigenvalue weighted by Gasteiger charge is 2.24. The number of piperazine rings is 2. The van der Waals surface area contributed by atoms with Crippen molar-refractivity contribution in [1.29, 1.82) is 0 Å². The predicted molar refractivity (Wildman–Crippen MR) is 131 cm³/mol. The number of rotatable bonds is 5. The maximum atomic E-state index is 13.0. The second kappa shape index (κ2) is 11.3. The summed E-state index contributed by atoms with van der Waals surface area (Å²) >= 11 is 0. The monoisotopic (exact) mass is 468 g/mol. The zero-order valence-electron chi connectivity index (χ0n) is 19.7. The first-order chi connectivity index (χ1) is 16.5. The van der Waals surface area contributed by atoms with Gasteiger partial charge in [-0.25, -0.2) is 14.0 Å². The molecule has 2 N–H and O–H groups in total. The van der Waals surface area contributed by atoms with Crippen LogP contribution in [0.15, 0.2) is 48.5 Å². The van der Waals surface area contributed by atoms with Crippen molar-refractivity contribution in [3.8, 4) is 0 Å². The van der Waals surface area contributed by atoms with Gasteiger partial charge in [0, 0.05) is 70.3 Å². The molecule has 2 fully saturated rings. The maximum Gasteiger partial charge on any atom is 0.321 e. The number of likely N-dealkylation sites (N-methyl/N-ethyl adjacent to an activating group) is 1. The van der Waals surface area contributed by atoms with Crippen LogP contribution in [0.1, 0.15) is 12.5 Å². The standard InChI is InChI=1S/C25H33FN6O2/c1-2-29-11-13-30(14-12-29)19-20-3-7-22(8-4-20)27-24(33)31-15-17-32(18-16-31)25(34)28-23-9-5-21(26)6-10-23/h3-10H,2,11-19H2,1H3,(H,27,33)(H,28,34). The van der Waals surface area contributed by atoms with Crippen LogP contribution in [0.4, 0.5) is 25.4 Å². The highest BCUT2D eigenvalue weighted by molar-refractivity contribution is 5.91. The summed E-state index contributed by atoms with van der Waals surface area (Å²) in [5.74, 6) is -0.349. The fraction of sp³-hybridized carbons (Fsp3) is 0.440. The van der Waals surface area contributed by atoms with Crippen molar-refractivity contribution in [2.45, 2.75) is 13.5 Å². The molecule has 8 nitrogen and oxygen atoms in total. The van der Waals surface area contributed by atoms with Crippen molar-refractivity contribution in [3.63, 3.8) is 0 Å². The van der Waals surface area contributed by atoms with Gasteiger partial charge in [0.15, 0.2) is 0 Å². The molecular formula is C25H33FN6O2. The van der Waals surface area contributed by atoms with E-state index < -0.39 is 0 Å². The topological polar surface area (TPSA) is 71.2 Å². The molecule has 0 unspecified atom stereocenters. The van der Waals surface area contributed by atoms with Crippen LogP contribution in [-0.4, -0.2) is 90.6 Å². The van der Waals surface area contributed by atoms with E-state index in [1.54, 1.807) is 9.80 Å². The van der Waals surface area contributed by atoms with Crippen molar-refractivity contribution in [2.24, 2.45) is 0 Å². The number of amides is 4. The number of urea groups is 2. The SMILES string of the molecule is CCN1CCN(Cc2ccc(NC(=O)N3CCN(C(=O)Nc4ccc(F)cc4)CC3)cc2)CC1. The van der Waals surface area contributed by atoms with Crippen LogP contribution in [0.25, 0.3) is 0 Å². The molecular weight excluding hydrogens is 435 g/mol. The first-order valence-electron chi connectivity index (χ1n) is 11.9. The number of nitrogens with one attached hydrogen (secondary N) is 2. The highest BCUT2D eigenvalue weighted by Crippen LogP contribution is 2.15. The molecule has 0 radical (unpaired) electrons. The number of hydrogen-bond donors (Lipinski definition) is 2. The number of carbonyl (C=O) groups is 2. The molecule has 2 aromatic rings. The van der Waals surface area contributed by atoms with Crippen molar-refractivity contribution in [3.05, 3.63) is 59.9 Å². The summed E-state index contributed by atoms with van der Waals surface area (Å²) in [6.45, 7) is 10.4. The molecule has 0 atom stereocenters. The number of carbonyl (C=O) groups excluding carboxylic acids is 2. The van der Waals surface area contributed by atoms with Crippen LogP contribution in [0.3, 0.4) is 0 Å². The fourth-order valence-electron chi connectivity index (χ4n) is 4.27. The van der Waals surface area contributed by atoms with E-state index in [-0.39, 0.29) is 17.9 Å². The number of hydrogen-bond acceptors (Lipinski definition) is 4. The number of halogens is 1. The van der Waals surface area contributed by atoms with Crippen LogP contribution >= 0.6 is 0 Å². The lowest BCUT2D eigenvalue weighted by Gasteiger charge is -2.34. The summed E-state index contributed by atoms with van der Waals surface area (Å²) in [6, 6.07) is 13.3. The molecule has 0 bridgehead atoms. The van der Waals surface area contributed by atoms with E-state index in [0.717, 1.165) is 45.0 Å². The average molecular weight is 469 g/mol. The second-order valence-electron chi connectivity index (χ2n) is 8.75. The minimum atomic E-state index is -0.349. The van der Waals surface area contributed by atoms with Crippen molar-refractivity contribution in [1.82, 2.24) is 19.6 Å². The van der Waals surface area contributed by atoms with Gasteiger partial charge in [-0.05, 0) is 48.5 Å². The Kier molecular flexibility index (Phi) is 7.97. The van der Waals surface area contributed by atoms with Crippen molar-refractivity contribution in [2.75, 3.05) is 69.5 Å². The van der Waals surface area contributed by atoms with Crippen molar-refractivity contribution < 1.29 is 14.0 Å². The Balaban J connectivity index is 1.20. The Labute approximate surface area is 200 Å². The summed E-state index contributed by atoms with van der Waals surface area (Å²) in [5, 5.41) is 5.71. The van der Waals surface area contributed by atoms with Gasteiger partial charge in [0.05, 0.1) is 0 Å². The minimum Gasteiger partial charge on any atom is -0.321 e. The van der Waals surface area contributed by atoms with Gasteiger partial charge in [-0.2, -0.15) is 0 Å². The largest absolute Gasteiger partial charge is 0.321 e. The lowest BCUT2D eigenvalue weighted by molar-refractivity contribution is 0.132. The zero-order valence-corrected chi connectivity index (χ0v) is 19.7. The predicted octanol–water partition coefficient (Wildman–Crippen LogP) is 3.34. The van der Waals surface area contributed by atoms with Gasteiger partial charge in [-0.15, -0.1) is 0 Å². The van der Waals surface area contributed by atoms with Gasteiger partial charge in [-0.3, -0.25) is 4.90 Å². The molecule has 2 aliphatic rings. The maximum absolute atomic E-state index is 13.0. The van der Waals surface area contributed by atoms with E-state index in [0.29, 0.717) is 31.9 Å². The summed E-state index contributed by atoms with van der Waals surface area (Å²) < 4.78 is 13.0. The number of anilines is 2. The second-order valence-corrected chi connectivity index (χ2v) is 8.75. The first-order valence-corrected chi connectivity index (χ1v) is 11.9. The molecule has 2 aromatic carbocycles. The van der Waals surface area contributed by atoms with E-state index in [9.17, 15) is 14.0 Å². The molecule has 0 spiro atoms. The molecule has 34 heavy (non-hydrogen) atoms. The average Bonchev–Trinajstić information content (AvgIpc) is 2.87. The summed E-state index contributed by atoms with van der Waals surface area (Å²) in [4.78, 5) is 33.4. The summed E-state index contributed by atoms with van der Waals surface area (Å²) in [6.07, 6.45) is 0. The minimum absolute atomic E-state index is 0.165. The quantitative estimate of drug-likeness (QED) is 0.706. The van der Waals surface area contributed by atoms with Gasteiger partial charge in [0.25, 0.3) is 0 Å². The molecule has 2 saturated heterocycles. The van der Waals surface area contributed by atoms with Gasteiger partial charge in [0.1, 0.15) is 5.82 Å². The molecule has 4 rings (SSSR count). The van der Waals surface area contributed by atoms with E-state index in [1.165, 1.54) is 29.8 Å². The van der Waals surface area contributed by atoms with Gasteiger partial charge in [-0.1, -0.05) is 19.1 Å². The molecule has 0 aliphatic carbocycles. The van der Waals surface area contributed by atoms with E-state index >= 15 is 0 Å². The first kappa shape index (κ1) is 24.0. The zero-order chi connectivity index (χ0) is 23.9. The summed E-state index contributed by atoms with van der Waals surface area (Å²) in [5.41, 5.74) is 2.54. The third-order valence-electron chi connectivity index (χ3n) is 6.47. The normalized spacial score (nSPS) is 17.5.